The summed E-state index contributed by atoms with van der Waals surface area (Å²) in [5.74, 6) is 1.81. The van der Waals surface area contributed by atoms with Crippen molar-refractivity contribution in [3.8, 4) is 11.5 Å². The summed E-state index contributed by atoms with van der Waals surface area (Å²) < 4.78 is 33.8. The van der Waals surface area contributed by atoms with E-state index in [9.17, 15) is 0 Å². The Kier molecular flexibility index (Phi) is 7.89. The molecular weight excluding hydrogens is 492 g/mol. The molecule has 39 heavy (non-hydrogen) atoms. The van der Waals surface area contributed by atoms with Crippen LogP contribution in [0.25, 0.3) is 0 Å². The summed E-state index contributed by atoms with van der Waals surface area (Å²) in [5.41, 5.74) is 7.44. The third-order valence-corrected chi connectivity index (χ3v) is 7.96. The van der Waals surface area contributed by atoms with Gasteiger partial charge in [-0.25, -0.2) is 0 Å². The third kappa shape index (κ3) is 5.99. The number of rotatable bonds is 14. The highest BCUT2D eigenvalue weighted by atomic mass is 16.6. The molecule has 2 aliphatic heterocycles. The van der Waals surface area contributed by atoms with Crippen molar-refractivity contribution in [3.63, 3.8) is 0 Å². The topological polar surface area (TPSA) is 62.0 Å². The van der Waals surface area contributed by atoms with Crippen molar-refractivity contribution in [1.82, 2.24) is 0 Å². The summed E-state index contributed by atoms with van der Waals surface area (Å²) in [6.07, 6.45) is 2.64. The molecule has 2 atom stereocenters. The summed E-state index contributed by atoms with van der Waals surface area (Å²) >= 11 is 0. The standard InChI is InChI=1S/C33H38O6/c1-23-17-26(7-9-31(23)36-15-13-34-19-28-21-38-28)33(12-11-25-5-3-4-6-30(25)33)27-8-10-32(24(2)18-27)37-16-14-35-20-29-22-39-29/h3-10,17-18,28-29H,11-16,19-22H2,1-2H3. The number of fused-ring (bicyclic) bond motifs is 1. The van der Waals surface area contributed by atoms with Gasteiger partial charge in [-0.3, -0.25) is 0 Å². The van der Waals surface area contributed by atoms with Crippen LogP contribution in [0.4, 0.5) is 0 Å². The largest absolute Gasteiger partial charge is 0.491 e. The Morgan fingerprint density at radius 3 is 1.77 bits per heavy atom. The van der Waals surface area contributed by atoms with Crippen molar-refractivity contribution in [2.24, 2.45) is 0 Å². The molecule has 2 heterocycles. The van der Waals surface area contributed by atoms with Crippen molar-refractivity contribution in [1.29, 1.82) is 0 Å². The van der Waals surface area contributed by atoms with Crippen LogP contribution in [0.3, 0.4) is 0 Å². The molecular formula is C33H38O6. The predicted octanol–water partition coefficient (Wildman–Crippen LogP) is 5.17. The van der Waals surface area contributed by atoms with Gasteiger partial charge in [0.2, 0.25) is 0 Å². The van der Waals surface area contributed by atoms with E-state index in [-0.39, 0.29) is 17.6 Å². The third-order valence-electron chi connectivity index (χ3n) is 7.96. The maximum atomic E-state index is 6.07. The average Bonchev–Trinajstić information content (AvgIpc) is 3.89. The van der Waals surface area contributed by atoms with E-state index in [1.807, 2.05) is 0 Å². The van der Waals surface area contributed by atoms with Crippen LogP contribution in [0.2, 0.25) is 0 Å². The Balaban J connectivity index is 1.21. The van der Waals surface area contributed by atoms with E-state index in [0.29, 0.717) is 39.6 Å². The van der Waals surface area contributed by atoms with Gasteiger partial charge >= 0.3 is 0 Å². The lowest BCUT2D eigenvalue weighted by Gasteiger charge is -2.33. The molecule has 3 aromatic carbocycles. The summed E-state index contributed by atoms with van der Waals surface area (Å²) in [5, 5.41) is 0. The molecule has 0 amide bonds. The summed E-state index contributed by atoms with van der Waals surface area (Å²) in [7, 11) is 0. The van der Waals surface area contributed by atoms with Crippen LogP contribution in [0.15, 0.2) is 60.7 Å². The minimum Gasteiger partial charge on any atom is -0.491 e. The number of epoxide rings is 2. The molecule has 6 rings (SSSR count). The van der Waals surface area contributed by atoms with E-state index in [0.717, 1.165) is 48.7 Å². The Bertz CT molecular complexity index is 1210. The van der Waals surface area contributed by atoms with Crippen LogP contribution >= 0.6 is 0 Å². The Morgan fingerprint density at radius 1 is 0.718 bits per heavy atom. The Morgan fingerprint density at radius 2 is 1.26 bits per heavy atom. The maximum absolute atomic E-state index is 6.07. The van der Waals surface area contributed by atoms with E-state index in [4.69, 9.17) is 28.4 Å². The Labute approximate surface area is 231 Å². The quantitative estimate of drug-likeness (QED) is 0.212. The van der Waals surface area contributed by atoms with Crippen LogP contribution in [-0.2, 0) is 30.8 Å². The van der Waals surface area contributed by atoms with Crippen molar-refractivity contribution >= 4 is 0 Å². The maximum Gasteiger partial charge on any atom is 0.122 e. The van der Waals surface area contributed by atoms with E-state index in [1.165, 1.54) is 22.3 Å². The smallest absolute Gasteiger partial charge is 0.122 e. The second-order valence-electron chi connectivity index (χ2n) is 10.8. The van der Waals surface area contributed by atoms with Crippen LogP contribution in [-0.4, -0.2) is 65.1 Å². The molecule has 2 fully saturated rings. The summed E-state index contributed by atoms with van der Waals surface area (Å²) in [6.45, 7) is 9.37. The Hall–Kier alpha value is -2.90. The molecule has 0 N–H and O–H groups in total. The monoisotopic (exact) mass is 530 g/mol. The first-order chi connectivity index (χ1) is 19.1. The van der Waals surface area contributed by atoms with Gasteiger partial charge in [-0.15, -0.1) is 0 Å². The number of hydrogen-bond donors (Lipinski definition) is 0. The van der Waals surface area contributed by atoms with Crippen molar-refractivity contribution in [3.05, 3.63) is 94.0 Å². The molecule has 1 aliphatic carbocycles. The molecule has 0 aromatic heterocycles. The first-order valence-electron chi connectivity index (χ1n) is 14.1. The van der Waals surface area contributed by atoms with Crippen LogP contribution in [0.5, 0.6) is 11.5 Å². The van der Waals surface area contributed by atoms with Crippen molar-refractivity contribution in [2.45, 2.75) is 44.3 Å². The lowest BCUT2D eigenvalue weighted by molar-refractivity contribution is 0.0876. The molecule has 6 nitrogen and oxygen atoms in total. The average molecular weight is 531 g/mol. The summed E-state index contributed by atoms with van der Waals surface area (Å²) in [6, 6.07) is 22.2. The van der Waals surface area contributed by atoms with Gasteiger partial charge < -0.3 is 28.4 Å². The molecule has 0 spiro atoms. The van der Waals surface area contributed by atoms with Crippen molar-refractivity contribution in [2.75, 3.05) is 52.9 Å². The highest BCUT2D eigenvalue weighted by molar-refractivity contribution is 5.59. The van der Waals surface area contributed by atoms with E-state index >= 15 is 0 Å². The van der Waals surface area contributed by atoms with Crippen LogP contribution in [0, 0.1) is 13.8 Å². The van der Waals surface area contributed by atoms with E-state index in [2.05, 4.69) is 74.5 Å². The van der Waals surface area contributed by atoms with Gasteiger partial charge in [-0.1, -0.05) is 48.5 Å². The number of aryl methyl sites for hydroxylation is 3. The normalized spacial score (nSPS) is 22.9. The minimum absolute atomic E-state index is 0.218. The molecule has 0 bridgehead atoms. The highest BCUT2D eigenvalue weighted by Crippen LogP contribution is 2.50. The SMILES string of the molecule is Cc1cc(C2(c3ccc(OCCOCC4CO4)c(C)c3)CCc3ccccc32)ccc1OCCOCC1CO1. The second-order valence-corrected chi connectivity index (χ2v) is 10.8. The fraction of sp³-hybridized carbons (Fsp3) is 0.455. The molecule has 3 aromatic rings. The highest BCUT2D eigenvalue weighted by Gasteiger charge is 2.42. The number of benzene rings is 3. The van der Waals surface area contributed by atoms with Crippen molar-refractivity contribution < 1.29 is 28.4 Å². The lowest BCUT2D eigenvalue weighted by Crippen LogP contribution is -2.27. The molecule has 206 valence electrons. The van der Waals surface area contributed by atoms with Gasteiger partial charge in [0.05, 0.1) is 39.6 Å². The van der Waals surface area contributed by atoms with Gasteiger partial charge in [-0.05, 0) is 72.2 Å². The molecule has 2 saturated heterocycles. The fourth-order valence-corrected chi connectivity index (χ4v) is 5.71. The molecule has 2 unspecified atom stereocenters. The van der Waals surface area contributed by atoms with Gasteiger partial charge in [0.25, 0.3) is 0 Å². The zero-order valence-electron chi connectivity index (χ0n) is 22.9. The molecule has 0 saturated carbocycles. The van der Waals surface area contributed by atoms with Crippen LogP contribution < -0.4 is 9.47 Å². The molecule has 0 radical (unpaired) electrons. The first kappa shape index (κ1) is 26.3. The van der Waals surface area contributed by atoms with Gasteiger partial charge in [0.15, 0.2) is 0 Å². The van der Waals surface area contributed by atoms with Gasteiger partial charge in [0, 0.05) is 5.41 Å². The van der Waals surface area contributed by atoms with E-state index in [1.54, 1.807) is 0 Å². The first-order valence-corrected chi connectivity index (χ1v) is 14.1. The summed E-state index contributed by atoms with van der Waals surface area (Å²) in [4.78, 5) is 0. The van der Waals surface area contributed by atoms with Crippen LogP contribution in [0.1, 0.15) is 39.8 Å². The molecule has 3 aliphatic rings. The number of hydrogen-bond acceptors (Lipinski definition) is 6. The zero-order chi connectivity index (χ0) is 26.7. The van der Waals surface area contributed by atoms with Gasteiger partial charge in [0.1, 0.15) is 36.9 Å². The minimum atomic E-state index is -0.218. The number of ether oxygens (including phenoxy) is 6. The zero-order valence-corrected chi connectivity index (χ0v) is 22.9. The lowest BCUT2D eigenvalue weighted by atomic mass is 9.69. The van der Waals surface area contributed by atoms with E-state index < -0.39 is 0 Å². The molecule has 6 heteroatoms. The fourth-order valence-electron chi connectivity index (χ4n) is 5.71. The second kappa shape index (κ2) is 11.7. The predicted molar refractivity (Wildman–Crippen MR) is 149 cm³/mol. The van der Waals surface area contributed by atoms with Gasteiger partial charge in [-0.2, -0.15) is 0 Å².